The average molecular weight is 514 g/mol. The number of primary sulfonamides is 1. The molecule has 0 saturated heterocycles. The van der Waals surface area contributed by atoms with Crippen LogP contribution in [-0.4, -0.2) is 19.3 Å². The minimum absolute atomic E-state index is 0.00511. The average Bonchev–Trinajstić information content (AvgIpc) is 2.63. The molecule has 0 aliphatic rings. The Labute approximate surface area is 175 Å². The standard InChI is InChI=1S/C18H13ClIN3O3S/c19-15-10-12(27(21,25)26)5-6-13(15)18(24)23-11-4-7-16(20)14(9-11)17-3-1-2-8-22-17/h1-10H,(H,23,24)(H2,21,25,26). The van der Waals surface area contributed by atoms with Gasteiger partial charge in [-0.1, -0.05) is 17.7 Å². The predicted octanol–water partition coefficient (Wildman–Crippen LogP) is 3.91. The zero-order valence-electron chi connectivity index (χ0n) is 13.7. The maximum absolute atomic E-state index is 12.5. The summed E-state index contributed by atoms with van der Waals surface area (Å²) in [5.41, 5.74) is 2.37. The summed E-state index contributed by atoms with van der Waals surface area (Å²) in [6.45, 7) is 0. The Kier molecular flexibility index (Phi) is 5.80. The first-order valence-electron chi connectivity index (χ1n) is 7.60. The molecule has 3 N–H and O–H groups in total. The maximum atomic E-state index is 12.5. The molecule has 0 radical (unpaired) electrons. The van der Waals surface area contributed by atoms with E-state index in [1.165, 1.54) is 12.1 Å². The van der Waals surface area contributed by atoms with Crippen LogP contribution >= 0.6 is 34.2 Å². The van der Waals surface area contributed by atoms with E-state index in [4.69, 9.17) is 16.7 Å². The molecule has 3 rings (SSSR count). The van der Waals surface area contributed by atoms with Gasteiger partial charge >= 0.3 is 0 Å². The van der Waals surface area contributed by atoms with Crippen molar-refractivity contribution in [2.24, 2.45) is 5.14 Å². The Morgan fingerprint density at radius 3 is 2.52 bits per heavy atom. The third kappa shape index (κ3) is 4.64. The molecule has 27 heavy (non-hydrogen) atoms. The van der Waals surface area contributed by atoms with Crippen LogP contribution in [0, 0.1) is 3.57 Å². The molecule has 0 spiro atoms. The molecule has 1 amide bonds. The molecule has 9 heteroatoms. The lowest BCUT2D eigenvalue weighted by atomic mass is 10.1. The Bertz CT molecular complexity index is 1120. The Morgan fingerprint density at radius 2 is 1.89 bits per heavy atom. The highest BCUT2D eigenvalue weighted by atomic mass is 127. The maximum Gasteiger partial charge on any atom is 0.257 e. The number of nitrogens with two attached hydrogens (primary N) is 1. The minimum atomic E-state index is -3.89. The predicted molar refractivity (Wildman–Crippen MR) is 113 cm³/mol. The van der Waals surface area contributed by atoms with Gasteiger partial charge in [0.2, 0.25) is 10.0 Å². The molecule has 0 aliphatic heterocycles. The van der Waals surface area contributed by atoms with Crippen LogP contribution < -0.4 is 10.5 Å². The zero-order chi connectivity index (χ0) is 19.6. The van der Waals surface area contributed by atoms with Gasteiger partial charge in [-0.2, -0.15) is 0 Å². The first-order chi connectivity index (χ1) is 12.8. The van der Waals surface area contributed by atoms with Crippen LogP contribution in [-0.2, 0) is 10.0 Å². The topological polar surface area (TPSA) is 102 Å². The summed E-state index contributed by atoms with van der Waals surface area (Å²) < 4.78 is 23.7. The van der Waals surface area contributed by atoms with E-state index >= 15 is 0 Å². The summed E-state index contributed by atoms with van der Waals surface area (Å²) in [6, 6.07) is 14.8. The van der Waals surface area contributed by atoms with E-state index in [-0.39, 0.29) is 15.5 Å². The van der Waals surface area contributed by atoms with Crippen LogP contribution in [0.1, 0.15) is 10.4 Å². The van der Waals surface area contributed by atoms with Gasteiger partial charge in [0.05, 0.1) is 21.2 Å². The number of rotatable bonds is 4. The Morgan fingerprint density at radius 1 is 1.11 bits per heavy atom. The van der Waals surface area contributed by atoms with Gasteiger partial charge in [0, 0.05) is 21.0 Å². The number of carbonyl (C=O) groups excluding carboxylic acids is 1. The van der Waals surface area contributed by atoms with E-state index in [1.54, 1.807) is 12.3 Å². The van der Waals surface area contributed by atoms with E-state index in [0.717, 1.165) is 20.9 Å². The highest BCUT2D eigenvalue weighted by Gasteiger charge is 2.16. The van der Waals surface area contributed by atoms with Crippen LogP contribution in [0.25, 0.3) is 11.3 Å². The fraction of sp³-hybridized carbons (Fsp3) is 0. The van der Waals surface area contributed by atoms with Crippen molar-refractivity contribution in [2.45, 2.75) is 4.90 Å². The van der Waals surface area contributed by atoms with Gasteiger partial charge in [0.25, 0.3) is 5.91 Å². The zero-order valence-corrected chi connectivity index (χ0v) is 17.4. The van der Waals surface area contributed by atoms with E-state index in [2.05, 4.69) is 32.9 Å². The van der Waals surface area contributed by atoms with Crippen molar-refractivity contribution in [3.8, 4) is 11.3 Å². The van der Waals surface area contributed by atoms with Crippen molar-refractivity contribution in [1.82, 2.24) is 4.98 Å². The van der Waals surface area contributed by atoms with Gasteiger partial charge < -0.3 is 5.32 Å². The molecule has 6 nitrogen and oxygen atoms in total. The molecule has 1 heterocycles. The molecular weight excluding hydrogens is 501 g/mol. The Hall–Kier alpha value is -2.01. The number of hydrogen-bond donors (Lipinski definition) is 2. The highest BCUT2D eigenvalue weighted by Crippen LogP contribution is 2.27. The summed E-state index contributed by atoms with van der Waals surface area (Å²) >= 11 is 8.26. The smallest absolute Gasteiger partial charge is 0.257 e. The molecule has 0 aliphatic carbocycles. The second-order valence-electron chi connectivity index (χ2n) is 5.55. The van der Waals surface area contributed by atoms with E-state index in [0.29, 0.717) is 5.69 Å². The third-order valence-electron chi connectivity index (χ3n) is 3.68. The van der Waals surface area contributed by atoms with Gasteiger partial charge in [-0.05, 0) is 71.1 Å². The minimum Gasteiger partial charge on any atom is -0.322 e. The number of sulfonamides is 1. The second-order valence-corrected chi connectivity index (χ2v) is 8.68. The van der Waals surface area contributed by atoms with Crippen molar-refractivity contribution >= 4 is 55.8 Å². The summed E-state index contributed by atoms with van der Waals surface area (Å²) in [5, 5.41) is 7.82. The van der Waals surface area contributed by atoms with Crippen LogP contribution in [0.4, 0.5) is 5.69 Å². The number of halogens is 2. The van der Waals surface area contributed by atoms with Crippen molar-refractivity contribution < 1.29 is 13.2 Å². The number of benzene rings is 2. The molecule has 0 bridgehead atoms. The quantitative estimate of drug-likeness (QED) is 0.517. The van der Waals surface area contributed by atoms with E-state index in [9.17, 15) is 13.2 Å². The van der Waals surface area contributed by atoms with Crippen molar-refractivity contribution in [1.29, 1.82) is 0 Å². The lowest BCUT2D eigenvalue weighted by Gasteiger charge is -2.10. The lowest BCUT2D eigenvalue weighted by Crippen LogP contribution is -2.15. The second kappa shape index (κ2) is 7.93. The largest absolute Gasteiger partial charge is 0.322 e. The van der Waals surface area contributed by atoms with Gasteiger partial charge in [0.1, 0.15) is 0 Å². The molecule has 2 aromatic carbocycles. The first-order valence-corrected chi connectivity index (χ1v) is 10.6. The number of nitrogens with zero attached hydrogens (tertiary/aromatic N) is 1. The lowest BCUT2D eigenvalue weighted by molar-refractivity contribution is 0.102. The molecule has 0 fully saturated rings. The number of hydrogen-bond acceptors (Lipinski definition) is 4. The molecule has 3 aromatic rings. The molecule has 0 unspecified atom stereocenters. The summed E-state index contributed by atoms with van der Waals surface area (Å²) in [5.74, 6) is -0.464. The van der Waals surface area contributed by atoms with Crippen molar-refractivity contribution in [2.75, 3.05) is 5.32 Å². The fourth-order valence-electron chi connectivity index (χ4n) is 2.38. The number of anilines is 1. The third-order valence-corrected chi connectivity index (χ3v) is 5.84. The van der Waals surface area contributed by atoms with E-state index in [1.807, 2.05) is 30.3 Å². The van der Waals surface area contributed by atoms with Crippen LogP contribution in [0.2, 0.25) is 5.02 Å². The van der Waals surface area contributed by atoms with Crippen LogP contribution in [0.15, 0.2) is 65.7 Å². The summed E-state index contributed by atoms with van der Waals surface area (Å²) in [6.07, 6.45) is 1.70. The van der Waals surface area contributed by atoms with Crippen LogP contribution in [0.5, 0.6) is 0 Å². The first kappa shape index (κ1) is 19.7. The molecular formula is C18H13ClIN3O3S. The van der Waals surface area contributed by atoms with Crippen molar-refractivity contribution in [3.05, 3.63) is 75.0 Å². The molecule has 138 valence electrons. The SMILES string of the molecule is NS(=O)(=O)c1ccc(C(=O)Nc2ccc(I)c(-c3ccccn3)c2)c(Cl)c1. The number of amides is 1. The summed E-state index contributed by atoms with van der Waals surface area (Å²) in [7, 11) is -3.89. The normalized spacial score (nSPS) is 11.2. The van der Waals surface area contributed by atoms with Gasteiger partial charge in [-0.3, -0.25) is 9.78 Å². The van der Waals surface area contributed by atoms with Gasteiger partial charge in [0.15, 0.2) is 0 Å². The highest BCUT2D eigenvalue weighted by molar-refractivity contribution is 14.1. The number of nitrogens with one attached hydrogen (secondary N) is 1. The van der Waals surface area contributed by atoms with Gasteiger partial charge in [-0.25, -0.2) is 13.6 Å². The number of pyridine rings is 1. The van der Waals surface area contributed by atoms with Crippen LogP contribution in [0.3, 0.4) is 0 Å². The fourth-order valence-corrected chi connectivity index (χ4v) is 3.86. The number of aromatic nitrogens is 1. The molecule has 1 aromatic heterocycles. The Balaban J connectivity index is 1.89. The van der Waals surface area contributed by atoms with Crippen molar-refractivity contribution in [3.63, 3.8) is 0 Å². The van der Waals surface area contributed by atoms with Gasteiger partial charge in [-0.15, -0.1) is 0 Å². The summed E-state index contributed by atoms with van der Waals surface area (Å²) in [4.78, 5) is 16.7. The number of carbonyl (C=O) groups is 1. The monoisotopic (exact) mass is 513 g/mol. The molecule has 0 saturated carbocycles. The van der Waals surface area contributed by atoms with E-state index < -0.39 is 15.9 Å². The molecule has 0 atom stereocenters.